The van der Waals surface area contributed by atoms with Gasteiger partial charge in [0.2, 0.25) is 0 Å². The largest absolute Gasteiger partial charge is 0.0839 e. The Morgan fingerprint density at radius 1 is 0.621 bits per heavy atom. The highest BCUT2D eigenvalue weighted by Gasteiger charge is 2.48. The summed E-state index contributed by atoms with van der Waals surface area (Å²) in [6.45, 7) is 0. The third-order valence-electron chi connectivity index (χ3n) is 5.76. The molecular weight excluding hydrogens is 348 g/mol. The zero-order chi connectivity index (χ0) is 19.8. The second-order valence-corrected chi connectivity index (χ2v) is 7.89. The highest BCUT2D eigenvalue weighted by atomic mass is 14.5. The zero-order valence-corrected chi connectivity index (χ0v) is 16.8. The minimum Gasteiger partial charge on any atom is -0.0839 e. The van der Waals surface area contributed by atoms with Gasteiger partial charge in [-0.25, -0.2) is 0 Å². The fraction of sp³-hybridized carbons (Fsp3) is 0.172. The van der Waals surface area contributed by atoms with Gasteiger partial charge in [0.05, 0.1) is 0 Å². The van der Waals surface area contributed by atoms with Crippen molar-refractivity contribution in [3.05, 3.63) is 126 Å². The lowest BCUT2D eigenvalue weighted by Gasteiger charge is -2.07. The Hall–Kier alpha value is -3.12. The maximum absolute atomic E-state index is 2.42. The summed E-state index contributed by atoms with van der Waals surface area (Å²) < 4.78 is 0. The van der Waals surface area contributed by atoms with Crippen LogP contribution in [0.15, 0.2) is 109 Å². The standard InChI is InChI=1S/C29H28/c1-4-12-25(13-5-1)18-10-11-19-28-24-29(28,22-20-26-14-6-2-7-15-26)23-21-27-16-8-3-9-17-27/h1-10,12-18,20-23,28H,11,19,24H2/b18-10+,22-20+,23-21+. The van der Waals surface area contributed by atoms with Crippen LogP contribution in [0.3, 0.4) is 0 Å². The van der Waals surface area contributed by atoms with Crippen LogP contribution in [0.1, 0.15) is 36.0 Å². The van der Waals surface area contributed by atoms with Crippen LogP contribution >= 0.6 is 0 Å². The molecule has 0 bridgehead atoms. The smallest absolute Gasteiger partial charge is 0.00993 e. The summed E-state index contributed by atoms with van der Waals surface area (Å²) in [4.78, 5) is 0. The Kier molecular flexibility index (Phi) is 6.22. The number of rotatable bonds is 8. The number of allylic oxidation sites excluding steroid dienone is 3. The van der Waals surface area contributed by atoms with Crippen molar-refractivity contribution in [3.8, 4) is 0 Å². The minimum atomic E-state index is 0.187. The molecule has 0 nitrogen and oxygen atoms in total. The zero-order valence-electron chi connectivity index (χ0n) is 16.8. The van der Waals surface area contributed by atoms with Gasteiger partial charge < -0.3 is 0 Å². The van der Waals surface area contributed by atoms with E-state index in [1.54, 1.807) is 0 Å². The minimum absolute atomic E-state index is 0.187. The molecule has 0 aromatic heterocycles. The Morgan fingerprint density at radius 2 is 1.07 bits per heavy atom. The molecule has 0 radical (unpaired) electrons. The van der Waals surface area contributed by atoms with Gasteiger partial charge in [0.1, 0.15) is 0 Å². The van der Waals surface area contributed by atoms with Crippen molar-refractivity contribution in [2.75, 3.05) is 0 Å². The summed E-state index contributed by atoms with van der Waals surface area (Å²) in [5.41, 5.74) is 4.01. The number of hydrogen-bond acceptors (Lipinski definition) is 0. The lowest BCUT2D eigenvalue weighted by molar-refractivity contribution is 0.643. The van der Waals surface area contributed by atoms with Crippen LogP contribution in [0.2, 0.25) is 0 Å². The molecule has 0 heterocycles. The molecule has 1 unspecified atom stereocenters. The normalized spacial score (nSPS) is 18.0. The van der Waals surface area contributed by atoms with Crippen LogP contribution in [0, 0.1) is 11.3 Å². The number of hydrogen-bond donors (Lipinski definition) is 0. The van der Waals surface area contributed by atoms with Gasteiger partial charge in [-0.2, -0.15) is 0 Å². The fourth-order valence-electron chi connectivity index (χ4n) is 3.91. The maximum atomic E-state index is 2.42. The van der Waals surface area contributed by atoms with Gasteiger partial charge in [-0.15, -0.1) is 0 Å². The topological polar surface area (TPSA) is 0 Å². The molecule has 3 aromatic carbocycles. The van der Waals surface area contributed by atoms with E-state index in [0.29, 0.717) is 5.92 Å². The van der Waals surface area contributed by atoms with E-state index in [1.807, 2.05) is 0 Å². The van der Waals surface area contributed by atoms with E-state index >= 15 is 0 Å². The highest BCUT2D eigenvalue weighted by Crippen LogP contribution is 2.58. The first-order valence-electron chi connectivity index (χ1n) is 10.5. The van der Waals surface area contributed by atoms with Gasteiger partial charge in [-0.1, -0.05) is 127 Å². The van der Waals surface area contributed by atoms with Crippen molar-refractivity contribution in [3.63, 3.8) is 0 Å². The monoisotopic (exact) mass is 376 g/mol. The highest BCUT2D eigenvalue weighted by molar-refractivity contribution is 5.56. The lowest BCUT2D eigenvalue weighted by atomic mass is 9.97. The van der Waals surface area contributed by atoms with Gasteiger partial charge in [0, 0.05) is 5.41 Å². The molecule has 1 atom stereocenters. The van der Waals surface area contributed by atoms with Crippen LogP contribution < -0.4 is 0 Å². The van der Waals surface area contributed by atoms with Crippen LogP contribution in [-0.2, 0) is 0 Å². The predicted octanol–water partition coefficient (Wildman–Crippen LogP) is 7.91. The first kappa shape index (κ1) is 19.2. The van der Waals surface area contributed by atoms with Crippen LogP contribution in [0.25, 0.3) is 18.2 Å². The van der Waals surface area contributed by atoms with Crippen molar-refractivity contribution >= 4 is 18.2 Å². The molecule has 4 rings (SSSR count). The van der Waals surface area contributed by atoms with Crippen molar-refractivity contribution in [2.45, 2.75) is 19.3 Å². The summed E-state index contributed by atoms with van der Waals surface area (Å²) in [7, 11) is 0. The van der Waals surface area contributed by atoms with Crippen LogP contribution in [-0.4, -0.2) is 0 Å². The number of benzene rings is 3. The second kappa shape index (κ2) is 9.39. The van der Waals surface area contributed by atoms with Gasteiger partial charge in [0.25, 0.3) is 0 Å². The maximum Gasteiger partial charge on any atom is 0.00993 e. The van der Waals surface area contributed by atoms with E-state index in [4.69, 9.17) is 0 Å². The summed E-state index contributed by atoms with van der Waals surface area (Å²) in [6, 6.07) is 31.8. The molecule has 0 heteroatoms. The van der Waals surface area contributed by atoms with Gasteiger partial charge in [-0.05, 0) is 41.9 Å². The third-order valence-corrected chi connectivity index (χ3v) is 5.76. The Balaban J connectivity index is 1.43. The summed E-state index contributed by atoms with van der Waals surface area (Å²) in [5, 5.41) is 0. The summed E-state index contributed by atoms with van der Waals surface area (Å²) >= 11 is 0. The van der Waals surface area contributed by atoms with E-state index in [9.17, 15) is 0 Å². The van der Waals surface area contributed by atoms with Gasteiger partial charge >= 0.3 is 0 Å². The van der Waals surface area contributed by atoms with Crippen molar-refractivity contribution in [1.29, 1.82) is 0 Å². The molecule has 1 aliphatic rings. The molecule has 3 aromatic rings. The molecule has 0 aliphatic heterocycles. The fourth-order valence-corrected chi connectivity index (χ4v) is 3.91. The molecule has 0 spiro atoms. The van der Waals surface area contributed by atoms with Crippen molar-refractivity contribution in [2.24, 2.45) is 11.3 Å². The molecule has 1 fully saturated rings. The molecule has 0 saturated heterocycles. The molecule has 144 valence electrons. The molecule has 1 saturated carbocycles. The summed E-state index contributed by atoms with van der Waals surface area (Å²) in [6.07, 6.45) is 17.6. The van der Waals surface area contributed by atoms with Gasteiger partial charge in [0.15, 0.2) is 0 Å². The van der Waals surface area contributed by atoms with E-state index in [0.717, 1.165) is 6.42 Å². The van der Waals surface area contributed by atoms with Crippen LogP contribution in [0.4, 0.5) is 0 Å². The summed E-state index contributed by atoms with van der Waals surface area (Å²) in [5.74, 6) is 0.711. The molecule has 0 amide bonds. The molecule has 1 aliphatic carbocycles. The second-order valence-electron chi connectivity index (χ2n) is 7.89. The Bertz CT molecular complexity index is 913. The van der Waals surface area contributed by atoms with E-state index in [-0.39, 0.29) is 5.41 Å². The van der Waals surface area contributed by atoms with E-state index in [2.05, 4.69) is 127 Å². The average Bonchev–Trinajstić information content (AvgIpc) is 3.49. The predicted molar refractivity (Wildman–Crippen MR) is 126 cm³/mol. The molecule has 0 N–H and O–H groups in total. The average molecular weight is 377 g/mol. The van der Waals surface area contributed by atoms with E-state index in [1.165, 1.54) is 29.5 Å². The first-order valence-corrected chi connectivity index (χ1v) is 10.5. The van der Waals surface area contributed by atoms with Crippen molar-refractivity contribution < 1.29 is 0 Å². The van der Waals surface area contributed by atoms with Crippen molar-refractivity contribution in [1.82, 2.24) is 0 Å². The SMILES string of the molecule is C(=C\c1ccccc1)/CCC1CC1(/C=C/c1ccccc1)/C=C/c1ccccc1. The van der Waals surface area contributed by atoms with Gasteiger partial charge in [-0.3, -0.25) is 0 Å². The molecule has 29 heavy (non-hydrogen) atoms. The quantitative estimate of drug-likeness (QED) is 0.374. The first-order chi connectivity index (χ1) is 14.3. The Labute approximate surface area is 174 Å². The van der Waals surface area contributed by atoms with Crippen LogP contribution in [0.5, 0.6) is 0 Å². The molecular formula is C29H28. The lowest BCUT2D eigenvalue weighted by Crippen LogP contribution is -1.96. The Morgan fingerprint density at radius 3 is 1.55 bits per heavy atom. The third kappa shape index (κ3) is 5.45. The van der Waals surface area contributed by atoms with E-state index < -0.39 is 0 Å².